The molecule has 0 aromatic carbocycles. The third-order valence-corrected chi connectivity index (χ3v) is 6.61. The normalized spacial score (nSPS) is 28.2. The summed E-state index contributed by atoms with van der Waals surface area (Å²) in [5, 5.41) is 4.24. The average molecular weight is 386 g/mol. The number of oxime groups is 1. The second-order valence-electron chi connectivity index (χ2n) is 9.46. The van der Waals surface area contributed by atoms with Gasteiger partial charge in [-0.1, -0.05) is 25.9 Å². The van der Waals surface area contributed by atoms with Crippen molar-refractivity contribution in [2.75, 3.05) is 31.1 Å². The monoisotopic (exact) mass is 385 g/mol. The maximum Gasteiger partial charge on any atom is 0.271 e. The minimum atomic E-state index is -0.244. The zero-order valence-electron chi connectivity index (χ0n) is 17.2. The molecule has 1 aliphatic carbocycles. The smallest absolute Gasteiger partial charge is 0.271 e. The zero-order valence-corrected chi connectivity index (χ0v) is 17.2. The van der Waals surface area contributed by atoms with Gasteiger partial charge in [-0.05, 0) is 43.1 Å². The fraction of sp³-hybridized carbons (Fsp3) is 0.714. The van der Waals surface area contributed by atoms with Crippen LogP contribution in [0.3, 0.4) is 0 Å². The molecule has 3 heterocycles. The van der Waals surface area contributed by atoms with Gasteiger partial charge in [0.25, 0.3) is 5.91 Å². The number of carbonyl (C=O) groups is 1. The number of carbonyl (C=O) groups excluding carboxylic acids is 1. The first kappa shape index (κ1) is 19.2. The van der Waals surface area contributed by atoms with Crippen molar-refractivity contribution in [1.82, 2.24) is 14.9 Å². The summed E-state index contributed by atoms with van der Waals surface area (Å²) in [5.41, 5.74) is 0.688. The average Bonchev–Trinajstić information content (AvgIpc) is 3.11. The van der Waals surface area contributed by atoms with Crippen LogP contribution in [0.15, 0.2) is 23.6 Å². The Bertz CT molecular complexity index is 727. The van der Waals surface area contributed by atoms with Crippen molar-refractivity contribution < 1.29 is 9.63 Å². The lowest BCUT2D eigenvalue weighted by Crippen LogP contribution is -2.51. The molecular formula is C21H31N5O2. The summed E-state index contributed by atoms with van der Waals surface area (Å²) >= 11 is 0. The molecule has 1 spiro atoms. The highest BCUT2D eigenvalue weighted by Crippen LogP contribution is 2.46. The Morgan fingerprint density at radius 3 is 2.36 bits per heavy atom. The van der Waals surface area contributed by atoms with Crippen LogP contribution in [0.4, 0.5) is 5.95 Å². The lowest BCUT2D eigenvalue weighted by molar-refractivity contribution is -0.124. The summed E-state index contributed by atoms with van der Waals surface area (Å²) < 4.78 is 0. The predicted molar refractivity (Wildman–Crippen MR) is 108 cm³/mol. The number of hydrogen-bond donors (Lipinski definition) is 0. The number of hydrogen-bond acceptors (Lipinski definition) is 6. The number of rotatable bonds is 2. The highest BCUT2D eigenvalue weighted by Gasteiger charge is 2.46. The summed E-state index contributed by atoms with van der Waals surface area (Å²) in [5.74, 6) is 1.48. The van der Waals surface area contributed by atoms with Crippen LogP contribution in [0.5, 0.6) is 0 Å². The molecular weight excluding hydrogens is 354 g/mol. The van der Waals surface area contributed by atoms with E-state index < -0.39 is 0 Å². The molecule has 4 rings (SSSR count). The summed E-state index contributed by atoms with van der Waals surface area (Å²) in [6, 6.07) is 1.81. The van der Waals surface area contributed by atoms with Gasteiger partial charge < -0.3 is 14.6 Å². The number of aromatic nitrogens is 2. The maximum absolute atomic E-state index is 13.0. The van der Waals surface area contributed by atoms with Gasteiger partial charge in [-0.15, -0.1) is 0 Å². The quantitative estimate of drug-likeness (QED) is 0.783. The van der Waals surface area contributed by atoms with Gasteiger partial charge in [0.15, 0.2) is 0 Å². The Hall–Kier alpha value is -2.18. The molecule has 2 fully saturated rings. The van der Waals surface area contributed by atoms with Crippen molar-refractivity contribution in [1.29, 1.82) is 0 Å². The van der Waals surface area contributed by atoms with Crippen molar-refractivity contribution in [3.63, 3.8) is 0 Å². The van der Waals surface area contributed by atoms with E-state index in [1.165, 1.54) is 0 Å². The number of amides is 1. The van der Waals surface area contributed by atoms with Crippen LogP contribution >= 0.6 is 0 Å². The van der Waals surface area contributed by atoms with E-state index in [1.807, 2.05) is 11.0 Å². The third kappa shape index (κ3) is 3.84. The minimum Gasteiger partial charge on any atom is -0.388 e. The summed E-state index contributed by atoms with van der Waals surface area (Å²) in [7, 11) is 0. The highest BCUT2D eigenvalue weighted by molar-refractivity contribution is 6.39. The van der Waals surface area contributed by atoms with Crippen LogP contribution in [-0.2, 0) is 9.63 Å². The molecule has 1 amide bonds. The Morgan fingerprint density at radius 1 is 1.11 bits per heavy atom. The highest BCUT2D eigenvalue weighted by atomic mass is 16.7. The van der Waals surface area contributed by atoms with E-state index in [9.17, 15) is 4.79 Å². The Labute approximate surface area is 167 Å². The molecule has 0 atom stereocenters. The molecule has 7 heteroatoms. The topological polar surface area (TPSA) is 70.9 Å². The van der Waals surface area contributed by atoms with Gasteiger partial charge in [-0.3, -0.25) is 4.79 Å². The van der Waals surface area contributed by atoms with Gasteiger partial charge in [-0.2, -0.15) is 0 Å². The molecule has 0 N–H and O–H groups in total. The molecule has 7 nitrogen and oxygen atoms in total. The molecule has 152 valence electrons. The first-order chi connectivity index (χ1) is 13.4. The van der Waals surface area contributed by atoms with Crippen LogP contribution in [0.1, 0.15) is 52.9 Å². The van der Waals surface area contributed by atoms with E-state index in [0.717, 1.165) is 50.6 Å². The van der Waals surface area contributed by atoms with Crippen LogP contribution in [0.25, 0.3) is 0 Å². The maximum atomic E-state index is 13.0. The van der Waals surface area contributed by atoms with E-state index in [1.54, 1.807) is 12.4 Å². The van der Waals surface area contributed by atoms with Crippen molar-refractivity contribution in [3.8, 4) is 0 Å². The molecule has 1 saturated carbocycles. The van der Waals surface area contributed by atoms with Crippen molar-refractivity contribution >= 4 is 17.6 Å². The first-order valence-electron chi connectivity index (χ1n) is 10.4. The Kier molecular flexibility index (Phi) is 5.02. The molecule has 0 radical (unpaired) electrons. The third-order valence-electron chi connectivity index (χ3n) is 6.61. The summed E-state index contributed by atoms with van der Waals surface area (Å²) in [4.78, 5) is 31.4. The van der Waals surface area contributed by atoms with E-state index in [0.29, 0.717) is 30.6 Å². The minimum absolute atomic E-state index is 0.0310. The number of piperazine rings is 1. The summed E-state index contributed by atoms with van der Waals surface area (Å²) in [6.07, 6.45) is 8.44. The molecule has 1 aromatic heterocycles. The molecule has 2 aliphatic heterocycles. The number of nitrogens with zero attached hydrogens (tertiary/aromatic N) is 5. The second-order valence-corrected chi connectivity index (χ2v) is 9.46. The van der Waals surface area contributed by atoms with Crippen LogP contribution in [0, 0.1) is 11.3 Å². The lowest BCUT2D eigenvalue weighted by atomic mass is 9.67. The fourth-order valence-electron chi connectivity index (χ4n) is 4.66. The molecule has 0 unspecified atom stereocenters. The van der Waals surface area contributed by atoms with Gasteiger partial charge in [0, 0.05) is 45.0 Å². The number of anilines is 1. The fourth-order valence-corrected chi connectivity index (χ4v) is 4.66. The van der Waals surface area contributed by atoms with Crippen LogP contribution < -0.4 is 4.90 Å². The van der Waals surface area contributed by atoms with Gasteiger partial charge >= 0.3 is 0 Å². The van der Waals surface area contributed by atoms with Crippen molar-refractivity contribution in [2.45, 2.75) is 58.5 Å². The molecule has 1 aromatic rings. The van der Waals surface area contributed by atoms with Gasteiger partial charge in [0.2, 0.25) is 5.95 Å². The Balaban J connectivity index is 1.30. The molecule has 1 saturated heterocycles. The Morgan fingerprint density at radius 2 is 1.75 bits per heavy atom. The van der Waals surface area contributed by atoms with Crippen molar-refractivity contribution in [2.24, 2.45) is 16.5 Å². The van der Waals surface area contributed by atoms with Crippen LogP contribution in [0.2, 0.25) is 0 Å². The largest absolute Gasteiger partial charge is 0.388 e. The van der Waals surface area contributed by atoms with E-state index >= 15 is 0 Å². The lowest BCUT2D eigenvalue weighted by Gasteiger charge is -2.40. The van der Waals surface area contributed by atoms with E-state index in [-0.39, 0.29) is 11.5 Å². The van der Waals surface area contributed by atoms with Crippen molar-refractivity contribution in [3.05, 3.63) is 18.5 Å². The zero-order chi connectivity index (χ0) is 19.8. The van der Waals surface area contributed by atoms with Gasteiger partial charge in [0.05, 0.1) is 0 Å². The second kappa shape index (κ2) is 7.33. The summed E-state index contributed by atoms with van der Waals surface area (Å²) in [6.45, 7) is 9.75. The van der Waals surface area contributed by atoms with Gasteiger partial charge in [0.1, 0.15) is 11.3 Å². The SMILES string of the molecule is CC(C)(C)C1CCC2(CC1)CC(C(=O)N1CCN(c3ncccn3)CC1)=NO2. The first-order valence-corrected chi connectivity index (χ1v) is 10.4. The molecule has 0 bridgehead atoms. The molecule has 3 aliphatic rings. The predicted octanol–water partition coefficient (Wildman–Crippen LogP) is 2.88. The van der Waals surface area contributed by atoms with E-state index in [2.05, 4.69) is 40.8 Å². The van der Waals surface area contributed by atoms with E-state index in [4.69, 9.17) is 4.84 Å². The molecule has 28 heavy (non-hydrogen) atoms. The standard InChI is InChI=1S/C21H31N5O2/c1-20(2,3)16-5-7-21(8-6-16)15-17(24-28-21)18(27)25-11-13-26(14-12-25)19-22-9-4-10-23-19/h4,9-10,16H,5-8,11-15H2,1-3H3. The van der Waals surface area contributed by atoms with Crippen LogP contribution in [-0.4, -0.2) is 58.3 Å². The van der Waals surface area contributed by atoms with Gasteiger partial charge in [-0.25, -0.2) is 9.97 Å².